The van der Waals surface area contributed by atoms with E-state index in [4.69, 9.17) is 4.74 Å². The molecule has 0 aromatic heterocycles. The van der Waals surface area contributed by atoms with E-state index in [1.807, 2.05) is 30.3 Å². The number of benzene rings is 1. The molecule has 0 amide bonds. The standard InChI is InChI=1S/C15H16O3S/c16-13-8-4-7-11(13)12-9-18-15(17)14(12)19-10-5-2-1-3-6-10/h1-3,5-6,11-12,14H,4,7-9H2. The summed E-state index contributed by atoms with van der Waals surface area (Å²) in [5.74, 6) is 0.209. The maximum atomic E-state index is 11.9. The van der Waals surface area contributed by atoms with Crippen LogP contribution in [0.4, 0.5) is 0 Å². The van der Waals surface area contributed by atoms with Crippen LogP contribution in [-0.2, 0) is 14.3 Å². The Bertz CT molecular complexity index is 485. The van der Waals surface area contributed by atoms with E-state index >= 15 is 0 Å². The van der Waals surface area contributed by atoms with Crippen molar-refractivity contribution in [2.75, 3.05) is 6.61 Å². The summed E-state index contributed by atoms with van der Waals surface area (Å²) >= 11 is 1.53. The Morgan fingerprint density at radius 2 is 1.95 bits per heavy atom. The van der Waals surface area contributed by atoms with E-state index in [0.29, 0.717) is 18.8 Å². The Hall–Kier alpha value is -1.29. The fourth-order valence-electron chi connectivity index (χ4n) is 2.93. The first kappa shape index (κ1) is 12.7. The summed E-state index contributed by atoms with van der Waals surface area (Å²) in [6, 6.07) is 9.85. The van der Waals surface area contributed by atoms with Crippen LogP contribution in [0.15, 0.2) is 35.2 Å². The predicted octanol–water partition coefficient (Wildman–Crippen LogP) is 2.69. The van der Waals surface area contributed by atoms with Crippen LogP contribution in [-0.4, -0.2) is 23.6 Å². The summed E-state index contributed by atoms with van der Waals surface area (Å²) in [6.45, 7) is 0.403. The number of thioether (sulfide) groups is 1. The molecule has 4 heteroatoms. The lowest BCUT2D eigenvalue weighted by atomic mass is 9.89. The molecule has 3 nitrogen and oxygen atoms in total. The summed E-state index contributed by atoms with van der Waals surface area (Å²) in [7, 11) is 0. The van der Waals surface area contributed by atoms with Crippen LogP contribution in [0.2, 0.25) is 0 Å². The highest BCUT2D eigenvalue weighted by molar-refractivity contribution is 8.00. The molecule has 1 saturated carbocycles. The van der Waals surface area contributed by atoms with Crippen LogP contribution in [0.3, 0.4) is 0 Å². The molecule has 3 atom stereocenters. The normalized spacial score (nSPS) is 30.6. The highest BCUT2D eigenvalue weighted by atomic mass is 32.2. The second-order valence-corrected chi connectivity index (χ2v) is 6.33. The molecule has 1 aromatic carbocycles. The van der Waals surface area contributed by atoms with Crippen molar-refractivity contribution in [2.24, 2.45) is 11.8 Å². The number of hydrogen-bond acceptors (Lipinski definition) is 4. The van der Waals surface area contributed by atoms with Gasteiger partial charge in [0.1, 0.15) is 11.0 Å². The summed E-state index contributed by atoms with van der Waals surface area (Å²) in [5.41, 5.74) is 0. The van der Waals surface area contributed by atoms with Gasteiger partial charge in [0.05, 0.1) is 6.61 Å². The van der Waals surface area contributed by atoms with E-state index in [0.717, 1.165) is 17.7 Å². The molecule has 1 aliphatic heterocycles. The number of hydrogen-bond donors (Lipinski definition) is 0. The fraction of sp³-hybridized carbons (Fsp3) is 0.467. The maximum Gasteiger partial charge on any atom is 0.319 e. The topological polar surface area (TPSA) is 43.4 Å². The number of carbonyl (C=O) groups excluding carboxylic acids is 2. The SMILES string of the molecule is O=C1CCCC1C1COC(=O)C1Sc1ccccc1. The Balaban J connectivity index is 1.77. The molecule has 19 heavy (non-hydrogen) atoms. The molecule has 0 N–H and O–H groups in total. The van der Waals surface area contributed by atoms with Gasteiger partial charge in [0.25, 0.3) is 0 Å². The van der Waals surface area contributed by atoms with Crippen molar-refractivity contribution < 1.29 is 14.3 Å². The van der Waals surface area contributed by atoms with E-state index in [2.05, 4.69) is 0 Å². The molecular formula is C15H16O3S. The molecule has 3 rings (SSSR count). The second kappa shape index (κ2) is 5.37. The molecule has 100 valence electrons. The first-order chi connectivity index (χ1) is 9.25. The minimum absolute atomic E-state index is 0.0210. The van der Waals surface area contributed by atoms with E-state index in [1.165, 1.54) is 11.8 Å². The van der Waals surface area contributed by atoms with E-state index in [9.17, 15) is 9.59 Å². The molecule has 1 aromatic rings. The summed E-state index contributed by atoms with van der Waals surface area (Å²) in [6.07, 6.45) is 2.53. The second-order valence-electron chi connectivity index (χ2n) is 5.11. The van der Waals surface area contributed by atoms with Gasteiger partial charge in [-0.25, -0.2) is 0 Å². The minimum Gasteiger partial charge on any atom is -0.464 e. The molecule has 2 fully saturated rings. The van der Waals surface area contributed by atoms with Crippen molar-refractivity contribution in [3.8, 4) is 0 Å². The van der Waals surface area contributed by atoms with Gasteiger partial charge in [-0.2, -0.15) is 0 Å². The van der Waals surface area contributed by atoms with E-state index in [-0.39, 0.29) is 23.1 Å². The van der Waals surface area contributed by atoms with Crippen LogP contribution >= 0.6 is 11.8 Å². The highest BCUT2D eigenvalue weighted by Crippen LogP contribution is 2.41. The molecule has 1 aliphatic carbocycles. The monoisotopic (exact) mass is 276 g/mol. The Labute approximate surface area is 116 Å². The Morgan fingerprint density at radius 1 is 1.16 bits per heavy atom. The molecule has 0 spiro atoms. The average molecular weight is 276 g/mol. The van der Waals surface area contributed by atoms with Gasteiger partial charge in [-0.3, -0.25) is 9.59 Å². The molecule has 0 bridgehead atoms. The number of carbonyl (C=O) groups is 2. The van der Waals surface area contributed by atoms with E-state index in [1.54, 1.807) is 0 Å². The van der Waals surface area contributed by atoms with Crippen LogP contribution in [0.25, 0.3) is 0 Å². The highest BCUT2D eigenvalue weighted by Gasteiger charge is 2.45. The van der Waals surface area contributed by atoms with Gasteiger partial charge in [0, 0.05) is 23.2 Å². The molecule has 0 radical (unpaired) electrons. The lowest BCUT2D eigenvalue weighted by Gasteiger charge is -2.19. The molecule has 2 aliphatic rings. The lowest BCUT2D eigenvalue weighted by molar-refractivity contribution is -0.137. The Kier molecular flexibility index (Phi) is 3.60. The average Bonchev–Trinajstić information content (AvgIpc) is 2.99. The smallest absolute Gasteiger partial charge is 0.319 e. The van der Waals surface area contributed by atoms with Crippen molar-refractivity contribution in [3.63, 3.8) is 0 Å². The molecule has 1 saturated heterocycles. The number of ketones is 1. The van der Waals surface area contributed by atoms with Gasteiger partial charge in [-0.15, -0.1) is 11.8 Å². The lowest BCUT2D eigenvalue weighted by Crippen LogP contribution is -2.28. The summed E-state index contributed by atoms with van der Waals surface area (Å²) in [4.78, 5) is 24.8. The number of ether oxygens (including phenoxy) is 1. The first-order valence-electron chi connectivity index (χ1n) is 6.67. The minimum atomic E-state index is -0.227. The molecule has 1 heterocycles. The molecular weight excluding hydrogens is 260 g/mol. The van der Waals surface area contributed by atoms with Gasteiger partial charge in [-0.05, 0) is 25.0 Å². The van der Waals surface area contributed by atoms with Crippen molar-refractivity contribution in [1.82, 2.24) is 0 Å². The summed E-state index contributed by atoms with van der Waals surface area (Å²) < 4.78 is 5.20. The number of esters is 1. The largest absolute Gasteiger partial charge is 0.464 e. The maximum absolute atomic E-state index is 11.9. The van der Waals surface area contributed by atoms with Crippen molar-refractivity contribution in [3.05, 3.63) is 30.3 Å². The van der Waals surface area contributed by atoms with Crippen molar-refractivity contribution in [2.45, 2.75) is 29.4 Å². The van der Waals surface area contributed by atoms with Crippen molar-refractivity contribution >= 4 is 23.5 Å². The van der Waals surface area contributed by atoms with Crippen LogP contribution < -0.4 is 0 Å². The van der Waals surface area contributed by atoms with Crippen LogP contribution in [0.1, 0.15) is 19.3 Å². The van der Waals surface area contributed by atoms with Gasteiger partial charge in [0.15, 0.2) is 0 Å². The zero-order valence-electron chi connectivity index (χ0n) is 10.6. The third-order valence-corrected chi connectivity index (χ3v) is 5.25. The number of Topliss-reactive ketones (excluding diaryl/α,β-unsaturated/α-hetero) is 1. The van der Waals surface area contributed by atoms with Crippen molar-refractivity contribution in [1.29, 1.82) is 0 Å². The zero-order chi connectivity index (χ0) is 13.2. The van der Waals surface area contributed by atoms with Gasteiger partial charge >= 0.3 is 5.97 Å². The quantitative estimate of drug-likeness (QED) is 0.796. The third-order valence-electron chi connectivity index (χ3n) is 3.91. The van der Waals surface area contributed by atoms with Crippen LogP contribution in [0.5, 0.6) is 0 Å². The van der Waals surface area contributed by atoms with Crippen LogP contribution in [0, 0.1) is 11.8 Å². The zero-order valence-corrected chi connectivity index (χ0v) is 11.4. The third kappa shape index (κ3) is 2.54. The Morgan fingerprint density at radius 3 is 2.63 bits per heavy atom. The van der Waals surface area contributed by atoms with E-state index < -0.39 is 0 Å². The number of rotatable bonds is 3. The predicted molar refractivity (Wildman–Crippen MR) is 72.9 cm³/mol. The van der Waals surface area contributed by atoms with Gasteiger partial charge in [-0.1, -0.05) is 18.2 Å². The fourth-order valence-corrected chi connectivity index (χ4v) is 4.14. The molecule has 3 unspecified atom stereocenters. The van der Waals surface area contributed by atoms with Gasteiger partial charge in [0.2, 0.25) is 0 Å². The number of cyclic esters (lactones) is 1. The first-order valence-corrected chi connectivity index (χ1v) is 7.55. The summed E-state index contributed by atoms with van der Waals surface area (Å²) in [5, 5.41) is -0.227. The van der Waals surface area contributed by atoms with Gasteiger partial charge < -0.3 is 4.74 Å².